The molecule has 0 radical (unpaired) electrons. The molecule has 0 unspecified atom stereocenters. The number of anilines is 1. The summed E-state index contributed by atoms with van der Waals surface area (Å²) in [4.78, 5) is 20.7. The first-order valence-electron chi connectivity index (χ1n) is 6.45. The van der Waals surface area contributed by atoms with Crippen LogP contribution in [0.3, 0.4) is 0 Å². The largest absolute Gasteiger partial charge is 0.462 e. The first kappa shape index (κ1) is 15.5. The lowest BCUT2D eigenvalue weighted by Gasteiger charge is -2.13. The predicted molar refractivity (Wildman–Crippen MR) is 78.8 cm³/mol. The molecule has 2 heterocycles. The Morgan fingerprint density at radius 1 is 1.48 bits per heavy atom. The minimum Gasteiger partial charge on any atom is -0.462 e. The van der Waals surface area contributed by atoms with Crippen LogP contribution < -0.4 is 5.32 Å². The minimum atomic E-state index is -0.481. The van der Waals surface area contributed by atoms with Crippen LogP contribution in [0, 0.1) is 6.92 Å². The van der Waals surface area contributed by atoms with E-state index >= 15 is 0 Å². The maximum atomic E-state index is 12.1. The second kappa shape index (κ2) is 6.72. The van der Waals surface area contributed by atoms with Crippen molar-refractivity contribution in [3.63, 3.8) is 0 Å². The summed E-state index contributed by atoms with van der Waals surface area (Å²) in [5.41, 5.74) is 0.803. The number of hydrogen-bond acceptors (Lipinski definition) is 8. The highest BCUT2D eigenvalue weighted by Crippen LogP contribution is 2.22. The number of carbonyl (C=O) groups is 1. The van der Waals surface area contributed by atoms with Gasteiger partial charge in [-0.2, -0.15) is 9.50 Å². The molecule has 0 saturated carbocycles. The van der Waals surface area contributed by atoms with E-state index in [4.69, 9.17) is 9.84 Å². The molecule has 2 aromatic heterocycles. The zero-order chi connectivity index (χ0) is 15.4. The molecule has 2 rings (SSSR count). The van der Waals surface area contributed by atoms with E-state index in [9.17, 15) is 4.79 Å². The summed E-state index contributed by atoms with van der Waals surface area (Å²) in [6.07, 6.45) is 1.86. The second-order valence-electron chi connectivity index (χ2n) is 4.10. The number of aryl methyl sites for hydroxylation is 1. The zero-order valence-corrected chi connectivity index (χ0v) is 12.9. The van der Waals surface area contributed by atoms with E-state index in [1.54, 1.807) is 13.8 Å². The summed E-state index contributed by atoms with van der Waals surface area (Å²) in [7, 11) is 0. The van der Waals surface area contributed by atoms with E-state index in [2.05, 4.69) is 20.4 Å². The SMILES string of the molecule is CCOC(=O)c1c(C)nc2nc(SC)nn2c1NCCO. The summed E-state index contributed by atoms with van der Waals surface area (Å²) in [6, 6.07) is 0. The van der Waals surface area contributed by atoms with E-state index in [1.807, 2.05) is 6.26 Å². The number of aromatic nitrogens is 4. The molecule has 0 atom stereocenters. The fourth-order valence-corrected chi connectivity index (χ4v) is 2.20. The van der Waals surface area contributed by atoms with Crippen molar-refractivity contribution in [2.75, 3.05) is 31.3 Å². The fourth-order valence-electron chi connectivity index (χ4n) is 1.86. The smallest absolute Gasteiger partial charge is 0.343 e. The quantitative estimate of drug-likeness (QED) is 0.595. The molecule has 8 nitrogen and oxygen atoms in total. The number of rotatable bonds is 6. The molecule has 9 heteroatoms. The van der Waals surface area contributed by atoms with Gasteiger partial charge in [0.1, 0.15) is 11.4 Å². The number of nitrogens with one attached hydrogen (secondary N) is 1. The van der Waals surface area contributed by atoms with E-state index in [0.29, 0.717) is 28.0 Å². The van der Waals surface area contributed by atoms with Crippen molar-refractivity contribution in [3.05, 3.63) is 11.3 Å². The first-order valence-corrected chi connectivity index (χ1v) is 7.68. The third kappa shape index (κ3) is 3.08. The molecule has 0 bridgehead atoms. The van der Waals surface area contributed by atoms with E-state index in [-0.39, 0.29) is 19.8 Å². The maximum Gasteiger partial charge on any atom is 0.343 e. The lowest BCUT2D eigenvalue weighted by molar-refractivity contribution is 0.0525. The van der Waals surface area contributed by atoms with Crippen LogP contribution in [0.15, 0.2) is 5.16 Å². The van der Waals surface area contributed by atoms with E-state index in [1.165, 1.54) is 16.3 Å². The topological polar surface area (TPSA) is 102 Å². The van der Waals surface area contributed by atoms with Gasteiger partial charge in [0.2, 0.25) is 5.16 Å². The number of esters is 1. The molecule has 0 saturated heterocycles. The summed E-state index contributed by atoms with van der Waals surface area (Å²) in [5.74, 6) is 0.342. The molecule has 0 fully saturated rings. The van der Waals surface area contributed by atoms with Crippen molar-refractivity contribution < 1.29 is 14.6 Å². The minimum absolute atomic E-state index is 0.0742. The van der Waals surface area contributed by atoms with Gasteiger partial charge in [-0.05, 0) is 20.1 Å². The Bertz CT molecular complexity index is 658. The number of hydrogen-bond donors (Lipinski definition) is 2. The Morgan fingerprint density at radius 2 is 2.24 bits per heavy atom. The monoisotopic (exact) mass is 311 g/mol. The van der Waals surface area contributed by atoms with Crippen LogP contribution in [0.25, 0.3) is 5.78 Å². The molecule has 0 amide bonds. The lowest BCUT2D eigenvalue weighted by atomic mass is 10.2. The standard InChI is InChI=1S/C12H17N5O3S/c1-4-20-10(19)8-7(2)14-11-15-12(21-3)16-17(11)9(8)13-5-6-18/h13,18H,4-6H2,1-3H3. The average Bonchev–Trinajstić information content (AvgIpc) is 2.87. The Balaban J connectivity index is 2.63. The molecule has 21 heavy (non-hydrogen) atoms. The Labute approximate surface area is 125 Å². The summed E-state index contributed by atoms with van der Waals surface area (Å²) in [5, 5.41) is 16.8. The maximum absolute atomic E-state index is 12.1. The van der Waals surface area contributed by atoms with E-state index in [0.717, 1.165) is 0 Å². The number of fused-ring (bicyclic) bond motifs is 1. The first-order chi connectivity index (χ1) is 10.1. The molecule has 0 aliphatic heterocycles. The van der Waals surface area contributed by atoms with Gasteiger partial charge in [-0.25, -0.2) is 9.78 Å². The summed E-state index contributed by atoms with van der Waals surface area (Å²) in [6.45, 7) is 3.92. The molecule has 114 valence electrons. The zero-order valence-electron chi connectivity index (χ0n) is 12.1. The van der Waals surface area contributed by atoms with Gasteiger partial charge in [0, 0.05) is 6.54 Å². The Morgan fingerprint density at radius 3 is 2.86 bits per heavy atom. The van der Waals surface area contributed by atoms with Crippen molar-refractivity contribution >= 4 is 29.3 Å². The second-order valence-corrected chi connectivity index (χ2v) is 4.88. The summed E-state index contributed by atoms with van der Waals surface area (Å²) < 4.78 is 6.52. The Kier molecular flexibility index (Phi) is 4.97. The number of carbonyl (C=O) groups excluding carboxylic acids is 1. The van der Waals surface area contributed by atoms with Crippen LogP contribution in [0.2, 0.25) is 0 Å². The van der Waals surface area contributed by atoms with Crippen LogP contribution in [-0.4, -0.2) is 56.7 Å². The van der Waals surface area contributed by atoms with Crippen molar-refractivity contribution in [2.24, 2.45) is 0 Å². The number of aliphatic hydroxyl groups is 1. The van der Waals surface area contributed by atoms with Gasteiger partial charge in [0.05, 0.1) is 18.9 Å². The van der Waals surface area contributed by atoms with Gasteiger partial charge < -0.3 is 15.2 Å². The van der Waals surface area contributed by atoms with Crippen molar-refractivity contribution in [3.8, 4) is 0 Å². The number of nitrogens with zero attached hydrogens (tertiary/aromatic N) is 4. The third-order valence-corrected chi connectivity index (χ3v) is 3.25. The van der Waals surface area contributed by atoms with Crippen molar-refractivity contribution in [2.45, 2.75) is 19.0 Å². The Hall–Kier alpha value is -1.87. The molecule has 0 spiro atoms. The van der Waals surface area contributed by atoms with Gasteiger partial charge in [-0.1, -0.05) is 11.8 Å². The van der Waals surface area contributed by atoms with Gasteiger partial charge in [0.15, 0.2) is 0 Å². The highest BCUT2D eigenvalue weighted by Gasteiger charge is 2.22. The van der Waals surface area contributed by atoms with Gasteiger partial charge in [-0.3, -0.25) is 0 Å². The fraction of sp³-hybridized carbons (Fsp3) is 0.500. The highest BCUT2D eigenvalue weighted by molar-refractivity contribution is 7.98. The van der Waals surface area contributed by atoms with Crippen molar-refractivity contribution in [1.82, 2.24) is 19.6 Å². The van der Waals surface area contributed by atoms with Crippen LogP contribution in [0.5, 0.6) is 0 Å². The molecule has 2 N–H and O–H groups in total. The van der Waals surface area contributed by atoms with Gasteiger partial charge in [0.25, 0.3) is 5.78 Å². The lowest BCUT2D eigenvalue weighted by Crippen LogP contribution is -2.18. The number of aliphatic hydroxyl groups excluding tert-OH is 1. The van der Waals surface area contributed by atoms with Gasteiger partial charge in [-0.15, -0.1) is 5.10 Å². The molecule has 0 aliphatic carbocycles. The number of ether oxygens (including phenoxy) is 1. The highest BCUT2D eigenvalue weighted by atomic mass is 32.2. The predicted octanol–water partition coefficient (Wildman–Crippen LogP) is 0.736. The number of thioether (sulfide) groups is 1. The van der Waals surface area contributed by atoms with Crippen molar-refractivity contribution in [1.29, 1.82) is 0 Å². The third-order valence-electron chi connectivity index (χ3n) is 2.72. The molecular formula is C12H17N5O3S. The van der Waals surface area contributed by atoms with Crippen LogP contribution in [0.4, 0.5) is 5.82 Å². The van der Waals surface area contributed by atoms with Gasteiger partial charge >= 0.3 is 5.97 Å². The van der Waals surface area contributed by atoms with Crippen LogP contribution in [0.1, 0.15) is 23.0 Å². The van der Waals surface area contributed by atoms with Crippen LogP contribution in [-0.2, 0) is 4.74 Å². The molecule has 2 aromatic rings. The molecule has 0 aromatic carbocycles. The summed E-state index contributed by atoms with van der Waals surface area (Å²) >= 11 is 1.38. The molecular weight excluding hydrogens is 294 g/mol. The van der Waals surface area contributed by atoms with E-state index < -0.39 is 5.97 Å². The normalized spacial score (nSPS) is 10.9. The molecule has 0 aliphatic rings. The average molecular weight is 311 g/mol. The van der Waals surface area contributed by atoms with Crippen LogP contribution >= 0.6 is 11.8 Å².